The number of carbonyl (C=O) groups is 1. The molecule has 1 saturated heterocycles. The van der Waals surface area contributed by atoms with Gasteiger partial charge in [-0.25, -0.2) is 17.8 Å². The van der Waals surface area contributed by atoms with Gasteiger partial charge in [-0.05, 0) is 40.6 Å². The van der Waals surface area contributed by atoms with Crippen molar-refractivity contribution in [3.05, 3.63) is 47.5 Å². The summed E-state index contributed by atoms with van der Waals surface area (Å²) in [5, 5.41) is 7.92. The average Bonchev–Trinajstić information content (AvgIpc) is 3.21. The summed E-state index contributed by atoms with van der Waals surface area (Å²) in [5.74, 6) is -0.287. The third kappa shape index (κ3) is 4.19. The molecule has 1 N–H and O–H groups in total. The number of amides is 1. The molecule has 0 spiro atoms. The summed E-state index contributed by atoms with van der Waals surface area (Å²) < 4.78 is 32.1. The van der Waals surface area contributed by atoms with Crippen molar-refractivity contribution in [2.75, 3.05) is 37.6 Å². The number of sulfonamides is 1. The minimum absolute atomic E-state index is 0.0742. The Kier molecular flexibility index (Phi) is 5.39. The predicted molar refractivity (Wildman–Crippen MR) is 107 cm³/mol. The molecule has 0 aliphatic carbocycles. The van der Waals surface area contributed by atoms with Crippen LogP contribution in [0.4, 0.5) is 5.69 Å². The van der Waals surface area contributed by atoms with Crippen molar-refractivity contribution in [2.45, 2.75) is 4.90 Å². The first-order valence-corrected chi connectivity index (χ1v) is 10.8. The number of benzene rings is 2. The van der Waals surface area contributed by atoms with Gasteiger partial charge in [0.2, 0.25) is 15.9 Å². The second kappa shape index (κ2) is 7.97. The number of nitrogens with zero attached hydrogens (tertiary/aromatic N) is 4. The van der Waals surface area contributed by atoms with E-state index in [1.807, 2.05) is 24.3 Å². The topological polar surface area (TPSA) is 109 Å². The Hall–Kier alpha value is -2.69. The SMILES string of the molecule is O=C(CNS(=O)(=O)c1cccc2nonc12)N1CCN(c2cccc(Cl)c2)CC1. The van der Waals surface area contributed by atoms with Gasteiger partial charge in [-0.3, -0.25) is 4.79 Å². The van der Waals surface area contributed by atoms with Crippen LogP contribution >= 0.6 is 11.6 Å². The normalized spacial score (nSPS) is 15.1. The van der Waals surface area contributed by atoms with Gasteiger partial charge >= 0.3 is 0 Å². The third-order valence-corrected chi connectivity index (χ3v) is 6.43. The number of hydrogen-bond acceptors (Lipinski definition) is 7. The van der Waals surface area contributed by atoms with E-state index in [4.69, 9.17) is 11.6 Å². The Morgan fingerprint density at radius 3 is 2.62 bits per heavy atom. The second-order valence-corrected chi connectivity index (χ2v) is 8.73. The molecule has 1 aliphatic heterocycles. The Bertz CT molecular complexity index is 1140. The molecule has 0 saturated carbocycles. The third-order valence-electron chi connectivity index (χ3n) is 4.76. The molecule has 152 valence electrons. The highest BCUT2D eigenvalue weighted by Gasteiger charge is 2.25. The fourth-order valence-corrected chi connectivity index (χ4v) is 4.54. The highest BCUT2D eigenvalue weighted by molar-refractivity contribution is 7.89. The van der Waals surface area contributed by atoms with E-state index in [0.29, 0.717) is 36.7 Å². The van der Waals surface area contributed by atoms with Gasteiger partial charge in [-0.15, -0.1) is 0 Å². The first kappa shape index (κ1) is 19.6. The number of carbonyl (C=O) groups excluding carboxylic acids is 1. The average molecular weight is 436 g/mol. The number of anilines is 1. The van der Waals surface area contributed by atoms with E-state index in [0.717, 1.165) is 5.69 Å². The molecule has 3 aromatic rings. The molecule has 0 atom stereocenters. The molecule has 1 fully saturated rings. The van der Waals surface area contributed by atoms with E-state index in [1.54, 1.807) is 11.0 Å². The minimum Gasteiger partial charge on any atom is -0.368 e. The summed E-state index contributed by atoms with van der Waals surface area (Å²) in [6.07, 6.45) is 0. The fraction of sp³-hybridized carbons (Fsp3) is 0.278. The molecule has 0 unspecified atom stereocenters. The lowest BCUT2D eigenvalue weighted by Gasteiger charge is -2.36. The van der Waals surface area contributed by atoms with E-state index < -0.39 is 10.0 Å². The molecule has 2 aromatic carbocycles. The number of rotatable bonds is 5. The predicted octanol–water partition coefficient (Wildman–Crippen LogP) is 1.50. The zero-order chi connectivity index (χ0) is 20.4. The van der Waals surface area contributed by atoms with E-state index in [9.17, 15) is 13.2 Å². The zero-order valence-corrected chi connectivity index (χ0v) is 16.9. The lowest BCUT2D eigenvalue weighted by atomic mass is 10.2. The van der Waals surface area contributed by atoms with E-state index in [-0.39, 0.29) is 22.9 Å². The van der Waals surface area contributed by atoms with Crippen LogP contribution in [0.25, 0.3) is 11.0 Å². The molecule has 0 bridgehead atoms. The van der Waals surface area contributed by atoms with E-state index in [1.165, 1.54) is 12.1 Å². The van der Waals surface area contributed by atoms with Gasteiger partial charge in [0.1, 0.15) is 10.4 Å². The molecule has 4 rings (SSSR count). The zero-order valence-electron chi connectivity index (χ0n) is 15.3. The molecular weight excluding hydrogens is 418 g/mol. The van der Waals surface area contributed by atoms with Gasteiger partial charge in [0.25, 0.3) is 0 Å². The smallest absolute Gasteiger partial charge is 0.243 e. The summed E-state index contributed by atoms with van der Waals surface area (Å²) in [5.41, 5.74) is 1.46. The van der Waals surface area contributed by atoms with Gasteiger partial charge in [-0.1, -0.05) is 23.7 Å². The number of aromatic nitrogens is 2. The number of halogens is 1. The molecule has 1 aliphatic rings. The quantitative estimate of drug-likeness (QED) is 0.646. The summed E-state index contributed by atoms with van der Waals surface area (Å²) in [6, 6.07) is 12.1. The Morgan fingerprint density at radius 1 is 1.10 bits per heavy atom. The van der Waals surface area contributed by atoms with Gasteiger partial charge < -0.3 is 9.80 Å². The van der Waals surface area contributed by atoms with E-state index in [2.05, 4.69) is 24.6 Å². The number of piperazine rings is 1. The number of nitrogens with one attached hydrogen (secondary N) is 1. The molecule has 0 radical (unpaired) electrons. The molecule has 29 heavy (non-hydrogen) atoms. The highest BCUT2D eigenvalue weighted by Crippen LogP contribution is 2.21. The van der Waals surface area contributed by atoms with Gasteiger partial charge in [-0.2, -0.15) is 0 Å². The van der Waals surface area contributed by atoms with E-state index >= 15 is 0 Å². The molecule has 11 heteroatoms. The fourth-order valence-electron chi connectivity index (χ4n) is 3.23. The highest BCUT2D eigenvalue weighted by atomic mass is 35.5. The van der Waals surface area contributed by atoms with Crippen molar-refractivity contribution < 1.29 is 17.8 Å². The first-order valence-electron chi connectivity index (χ1n) is 8.93. The lowest BCUT2D eigenvalue weighted by molar-refractivity contribution is -0.130. The van der Waals surface area contributed by atoms with Crippen molar-refractivity contribution in [2.24, 2.45) is 0 Å². The second-order valence-electron chi connectivity index (χ2n) is 6.56. The van der Waals surface area contributed by atoms with Crippen molar-refractivity contribution in [3.8, 4) is 0 Å². The Morgan fingerprint density at radius 2 is 1.86 bits per heavy atom. The van der Waals surface area contributed by atoms with Crippen LogP contribution in [0.3, 0.4) is 0 Å². The molecule has 9 nitrogen and oxygen atoms in total. The van der Waals surface area contributed by atoms with Crippen molar-refractivity contribution in [1.82, 2.24) is 19.9 Å². The molecular formula is C18H18ClN5O4S. The van der Waals surface area contributed by atoms with Gasteiger partial charge in [0, 0.05) is 36.9 Å². The summed E-state index contributed by atoms with van der Waals surface area (Å²) in [4.78, 5) is 16.2. The molecule has 1 aromatic heterocycles. The minimum atomic E-state index is -3.93. The van der Waals surface area contributed by atoms with Crippen molar-refractivity contribution in [3.63, 3.8) is 0 Å². The van der Waals surface area contributed by atoms with Crippen LogP contribution in [0, 0.1) is 0 Å². The first-order chi connectivity index (χ1) is 13.9. The van der Waals surface area contributed by atoms with Crippen LogP contribution in [-0.4, -0.2) is 62.3 Å². The van der Waals surface area contributed by atoms with Crippen molar-refractivity contribution >= 4 is 44.3 Å². The largest absolute Gasteiger partial charge is 0.368 e. The van der Waals surface area contributed by atoms with Crippen LogP contribution in [0.15, 0.2) is 52.0 Å². The molecule has 1 amide bonds. The maximum atomic E-state index is 12.6. The number of fused-ring (bicyclic) bond motifs is 1. The summed E-state index contributed by atoms with van der Waals surface area (Å²) >= 11 is 6.04. The Balaban J connectivity index is 1.36. The summed E-state index contributed by atoms with van der Waals surface area (Å²) in [7, 11) is -3.93. The molecule has 2 heterocycles. The number of hydrogen-bond donors (Lipinski definition) is 1. The van der Waals surface area contributed by atoms with Crippen LogP contribution in [0.5, 0.6) is 0 Å². The maximum absolute atomic E-state index is 12.6. The van der Waals surface area contributed by atoms with Crippen LogP contribution in [-0.2, 0) is 14.8 Å². The standard InChI is InChI=1S/C18H18ClN5O4S/c19-13-3-1-4-14(11-13)23-7-9-24(10-8-23)17(25)12-20-29(26,27)16-6-2-5-15-18(16)22-28-21-15/h1-6,11,20H,7-10,12H2. The Labute approximate surface area is 172 Å². The maximum Gasteiger partial charge on any atom is 0.243 e. The van der Waals surface area contributed by atoms with Crippen molar-refractivity contribution in [1.29, 1.82) is 0 Å². The van der Waals surface area contributed by atoms with Gasteiger partial charge in [0.05, 0.1) is 6.54 Å². The van der Waals surface area contributed by atoms with Crippen LogP contribution < -0.4 is 9.62 Å². The van der Waals surface area contributed by atoms with Gasteiger partial charge in [0.15, 0.2) is 5.52 Å². The summed E-state index contributed by atoms with van der Waals surface area (Å²) in [6.45, 7) is 1.94. The van der Waals surface area contributed by atoms with Crippen LogP contribution in [0.2, 0.25) is 5.02 Å². The monoisotopic (exact) mass is 435 g/mol. The van der Waals surface area contributed by atoms with Crippen LogP contribution in [0.1, 0.15) is 0 Å². The lowest BCUT2D eigenvalue weighted by Crippen LogP contribution is -2.51.